The van der Waals surface area contributed by atoms with Gasteiger partial charge in [0.1, 0.15) is 0 Å². The lowest BCUT2D eigenvalue weighted by atomic mass is 9.98. The van der Waals surface area contributed by atoms with Gasteiger partial charge in [-0.05, 0) is 53.8 Å². The van der Waals surface area contributed by atoms with Gasteiger partial charge in [0.2, 0.25) is 0 Å². The summed E-state index contributed by atoms with van der Waals surface area (Å²) in [6.45, 7) is 1.73. The van der Waals surface area contributed by atoms with Gasteiger partial charge in [-0.3, -0.25) is 9.78 Å². The molecule has 0 saturated heterocycles. The van der Waals surface area contributed by atoms with Crippen LogP contribution in [0, 0.1) is 5.92 Å². The van der Waals surface area contributed by atoms with E-state index in [4.69, 9.17) is 21.3 Å². The molecule has 0 amide bonds. The fraction of sp³-hybridized carbons (Fsp3) is 0.258. The molecule has 0 fully saturated rings. The van der Waals surface area contributed by atoms with E-state index in [-0.39, 0.29) is 11.2 Å². The largest absolute Gasteiger partial charge is 0.481 e. The molecule has 0 bridgehead atoms. The van der Waals surface area contributed by atoms with Gasteiger partial charge in [0, 0.05) is 33.5 Å². The first kappa shape index (κ1) is 27.7. The first-order valence-corrected chi connectivity index (χ1v) is 13.9. The van der Waals surface area contributed by atoms with Crippen LogP contribution in [0.25, 0.3) is 10.9 Å². The van der Waals surface area contributed by atoms with Crippen molar-refractivity contribution in [3.05, 3.63) is 112 Å². The molecule has 0 aliphatic rings. The maximum Gasteiger partial charge on any atom is 0.338 e. The fourth-order valence-electron chi connectivity index (χ4n) is 4.36. The molecule has 38 heavy (non-hydrogen) atoms. The summed E-state index contributed by atoms with van der Waals surface area (Å²) in [5, 5.41) is 11.2. The number of benzene rings is 3. The molecule has 196 valence electrons. The Labute approximate surface area is 232 Å². The van der Waals surface area contributed by atoms with Crippen molar-refractivity contribution >= 4 is 46.2 Å². The number of carbonyl (C=O) groups is 2. The summed E-state index contributed by atoms with van der Waals surface area (Å²) in [6.07, 6.45) is 2.09. The van der Waals surface area contributed by atoms with Crippen LogP contribution in [0.15, 0.2) is 78.9 Å². The summed E-state index contributed by atoms with van der Waals surface area (Å²) in [6, 6.07) is 25.7. The first-order valence-electron chi connectivity index (χ1n) is 12.5. The average Bonchev–Trinajstić information content (AvgIpc) is 2.92. The number of hydrogen-bond donors (Lipinski definition) is 1. The number of aromatic nitrogens is 1. The van der Waals surface area contributed by atoms with Crippen molar-refractivity contribution in [3.8, 4) is 0 Å². The quantitative estimate of drug-likeness (QED) is 0.197. The van der Waals surface area contributed by atoms with Gasteiger partial charge in [0.15, 0.2) is 0 Å². The molecule has 7 heteroatoms. The minimum atomic E-state index is -0.802. The van der Waals surface area contributed by atoms with Gasteiger partial charge in [-0.15, -0.1) is 0 Å². The molecule has 4 aromatic rings. The number of fused-ring (bicyclic) bond motifs is 1. The maximum atomic E-state index is 12.3. The van der Waals surface area contributed by atoms with Gasteiger partial charge >= 0.3 is 11.9 Å². The lowest BCUT2D eigenvalue weighted by Crippen LogP contribution is -2.13. The Kier molecular flexibility index (Phi) is 9.43. The zero-order chi connectivity index (χ0) is 27.1. The Balaban J connectivity index is 1.56. The van der Waals surface area contributed by atoms with E-state index >= 15 is 0 Å². The molecule has 3 aromatic carbocycles. The van der Waals surface area contributed by atoms with Crippen molar-refractivity contribution in [2.75, 3.05) is 12.9 Å². The summed E-state index contributed by atoms with van der Waals surface area (Å²) in [4.78, 5) is 28.5. The van der Waals surface area contributed by atoms with E-state index < -0.39 is 11.9 Å². The van der Waals surface area contributed by atoms with Crippen LogP contribution in [0.3, 0.4) is 0 Å². The number of ether oxygens (including phenoxy) is 1. The molecular formula is C31H30ClNO4S. The first-order chi connectivity index (χ1) is 18.3. The Hall–Kier alpha value is -3.35. The number of aliphatic carboxylic acids is 1. The molecule has 2 atom stereocenters. The van der Waals surface area contributed by atoms with Crippen LogP contribution in [0.5, 0.6) is 0 Å². The number of carboxylic acids is 1. The normalized spacial score (nSPS) is 12.7. The van der Waals surface area contributed by atoms with E-state index in [1.165, 1.54) is 7.11 Å². The second-order valence-corrected chi connectivity index (χ2v) is 11.0. The number of aryl methyl sites for hydroxylation is 1. The summed E-state index contributed by atoms with van der Waals surface area (Å²) in [5.41, 5.74) is 5.56. The summed E-state index contributed by atoms with van der Waals surface area (Å²) in [5.74, 6) is -1.11. The molecular weight excluding hydrogens is 518 g/mol. The van der Waals surface area contributed by atoms with Gasteiger partial charge in [-0.1, -0.05) is 73.1 Å². The summed E-state index contributed by atoms with van der Waals surface area (Å²) >= 11 is 7.80. The van der Waals surface area contributed by atoms with Gasteiger partial charge in [0.05, 0.1) is 24.1 Å². The highest BCUT2D eigenvalue weighted by Gasteiger charge is 2.19. The smallest absolute Gasteiger partial charge is 0.338 e. The van der Waals surface area contributed by atoms with E-state index in [0.717, 1.165) is 39.7 Å². The summed E-state index contributed by atoms with van der Waals surface area (Å²) in [7, 11) is 1.38. The van der Waals surface area contributed by atoms with Crippen molar-refractivity contribution in [2.45, 2.75) is 31.4 Å². The van der Waals surface area contributed by atoms with Crippen LogP contribution >= 0.6 is 23.4 Å². The highest BCUT2D eigenvalue weighted by atomic mass is 35.5. The van der Waals surface area contributed by atoms with Crippen LogP contribution in [0.2, 0.25) is 5.02 Å². The second-order valence-electron chi connectivity index (χ2n) is 9.31. The Morgan fingerprint density at radius 2 is 1.82 bits per heavy atom. The van der Waals surface area contributed by atoms with Crippen LogP contribution in [-0.4, -0.2) is 34.9 Å². The molecule has 0 aliphatic carbocycles. The number of methoxy groups -OCH3 is 1. The van der Waals surface area contributed by atoms with Gasteiger partial charge in [-0.2, -0.15) is 11.8 Å². The minimum Gasteiger partial charge on any atom is -0.481 e. The number of halogens is 1. The molecule has 2 unspecified atom stereocenters. The van der Waals surface area contributed by atoms with Crippen molar-refractivity contribution in [3.63, 3.8) is 0 Å². The Bertz CT molecular complexity index is 1440. The fourth-order valence-corrected chi connectivity index (χ4v) is 5.81. The molecule has 0 saturated carbocycles. The van der Waals surface area contributed by atoms with Crippen molar-refractivity contribution in [1.82, 2.24) is 4.98 Å². The van der Waals surface area contributed by atoms with Crippen molar-refractivity contribution in [2.24, 2.45) is 5.92 Å². The third-order valence-electron chi connectivity index (χ3n) is 6.49. The number of hydrogen-bond acceptors (Lipinski definition) is 5. The SMILES string of the molecule is COC(=O)c1ccccc1CCC(SCC(C)C(=O)O)c1cccc(Cc2ccc3ccc(Cl)cc3n2)c1. The molecule has 4 rings (SSSR count). The highest BCUT2D eigenvalue weighted by molar-refractivity contribution is 7.99. The van der Waals surface area contributed by atoms with Crippen LogP contribution in [0.4, 0.5) is 0 Å². The second kappa shape index (κ2) is 12.9. The Morgan fingerprint density at radius 1 is 1.03 bits per heavy atom. The van der Waals surface area contributed by atoms with E-state index in [1.807, 2.05) is 48.5 Å². The average molecular weight is 548 g/mol. The number of nitrogens with zero attached hydrogens (tertiary/aromatic N) is 1. The standard InChI is InChI=1S/C31H30ClNO4S/c1-20(30(34)35)19-38-29(15-12-22-7-3-4-9-27(22)31(36)37-2)24-8-5-6-21(16-24)17-26-14-11-23-10-13-25(32)18-28(23)33-26/h3-11,13-14,16,18,20,29H,12,15,17,19H2,1-2H3,(H,34,35). The molecule has 0 radical (unpaired) electrons. The summed E-state index contributed by atoms with van der Waals surface area (Å²) < 4.78 is 4.96. The predicted octanol–water partition coefficient (Wildman–Crippen LogP) is 7.39. The van der Waals surface area contributed by atoms with Gasteiger partial charge in [-0.25, -0.2) is 4.79 Å². The zero-order valence-corrected chi connectivity index (χ0v) is 23.0. The zero-order valence-electron chi connectivity index (χ0n) is 21.4. The van der Waals surface area contributed by atoms with E-state index in [2.05, 4.69) is 24.3 Å². The number of carboxylic acid groups (broad SMARTS) is 1. The van der Waals surface area contributed by atoms with E-state index in [0.29, 0.717) is 29.2 Å². The lowest BCUT2D eigenvalue weighted by Gasteiger charge is -2.20. The number of rotatable bonds is 11. The highest BCUT2D eigenvalue weighted by Crippen LogP contribution is 2.36. The number of pyridine rings is 1. The molecule has 1 N–H and O–H groups in total. The number of thioether (sulfide) groups is 1. The third kappa shape index (κ3) is 7.15. The molecule has 1 aromatic heterocycles. The minimum absolute atomic E-state index is 0.0609. The topological polar surface area (TPSA) is 76.5 Å². The lowest BCUT2D eigenvalue weighted by molar-refractivity contribution is -0.140. The molecule has 1 heterocycles. The maximum absolute atomic E-state index is 12.3. The number of esters is 1. The van der Waals surface area contributed by atoms with Crippen LogP contribution in [-0.2, 0) is 22.4 Å². The molecule has 5 nitrogen and oxygen atoms in total. The molecule has 0 aliphatic heterocycles. The molecule has 0 spiro atoms. The van der Waals surface area contributed by atoms with Gasteiger partial charge in [0.25, 0.3) is 0 Å². The van der Waals surface area contributed by atoms with E-state index in [1.54, 1.807) is 24.8 Å². The Morgan fingerprint density at radius 3 is 2.61 bits per heavy atom. The van der Waals surface area contributed by atoms with Gasteiger partial charge < -0.3 is 9.84 Å². The van der Waals surface area contributed by atoms with E-state index in [9.17, 15) is 14.7 Å². The van der Waals surface area contributed by atoms with Crippen LogP contribution < -0.4 is 0 Å². The number of carbonyl (C=O) groups excluding carboxylic acids is 1. The van der Waals surface area contributed by atoms with Crippen molar-refractivity contribution < 1.29 is 19.4 Å². The third-order valence-corrected chi connectivity index (χ3v) is 8.33. The van der Waals surface area contributed by atoms with Crippen LogP contribution in [0.1, 0.15) is 51.3 Å². The van der Waals surface area contributed by atoms with Crippen molar-refractivity contribution in [1.29, 1.82) is 0 Å². The monoisotopic (exact) mass is 547 g/mol. The predicted molar refractivity (Wildman–Crippen MR) is 154 cm³/mol.